The summed E-state index contributed by atoms with van der Waals surface area (Å²) in [6, 6.07) is 0. The monoisotopic (exact) mass is 334 g/mol. The molecule has 0 aromatic rings. The van der Waals surface area contributed by atoms with Gasteiger partial charge in [-0.1, -0.05) is 41.5 Å². The van der Waals surface area contributed by atoms with Gasteiger partial charge in [0.05, 0.1) is 12.7 Å². The topological polar surface area (TPSA) is 68.2 Å². The van der Waals surface area contributed by atoms with Crippen molar-refractivity contribution in [2.75, 3.05) is 13.7 Å². The number of hydrogen-bond acceptors (Lipinski definition) is 5. The Morgan fingerprint density at radius 1 is 1.05 bits per heavy atom. The Bertz CT molecular complexity index is 313. The second kappa shape index (κ2) is 8.21. The van der Waals surface area contributed by atoms with E-state index in [1.54, 1.807) is 7.11 Å². The zero-order valence-corrected chi connectivity index (χ0v) is 16.1. The zero-order chi connectivity index (χ0) is 17.1. The van der Waals surface area contributed by atoms with Crippen LogP contribution in [0.2, 0.25) is 16.6 Å². The van der Waals surface area contributed by atoms with Crippen LogP contribution in [0.25, 0.3) is 0 Å². The van der Waals surface area contributed by atoms with Gasteiger partial charge in [0.2, 0.25) is 0 Å². The average molecular weight is 335 g/mol. The molecule has 2 N–H and O–H groups in total. The lowest BCUT2D eigenvalue weighted by atomic mass is 10.0. The average Bonchev–Trinajstić information content (AvgIpc) is 2.42. The molecular formula is C16H34O5Si. The number of aliphatic hydroxyl groups excluding tert-OH is 2. The van der Waals surface area contributed by atoms with Gasteiger partial charge in [0.1, 0.15) is 12.2 Å². The number of rotatable bonds is 7. The van der Waals surface area contributed by atoms with E-state index in [4.69, 9.17) is 13.9 Å². The molecule has 1 saturated heterocycles. The lowest BCUT2D eigenvalue weighted by Crippen LogP contribution is -2.54. The largest absolute Gasteiger partial charge is 0.413 e. The molecule has 4 atom stereocenters. The molecule has 1 fully saturated rings. The van der Waals surface area contributed by atoms with Crippen LogP contribution in [0.3, 0.4) is 0 Å². The lowest BCUT2D eigenvalue weighted by molar-refractivity contribution is -0.247. The molecule has 132 valence electrons. The van der Waals surface area contributed by atoms with Gasteiger partial charge >= 0.3 is 0 Å². The van der Waals surface area contributed by atoms with Crippen molar-refractivity contribution in [3.8, 4) is 0 Å². The molecule has 0 radical (unpaired) electrons. The van der Waals surface area contributed by atoms with Gasteiger partial charge in [-0.05, 0) is 16.6 Å². The van der Waals surface area contributed by atoms with Gasteiger partial charge in [-0.3, -0.25) is 0 Å². The normalized spacial score (nSPS) is 30.5. The van der Waals surface area contributed by atoms with Gasteiger partial charge in [0.25, 0.3) is 0 Å². The summed E-state index contributed by atoms with van der Waals surface area (Å²) in [6.45, 7) is 13.6. The summed E-state index contributed by atoms with van der Waals surface area (Å²) >= 11 is 0. The Balaban J connectivity index is 2.83. The SMILES string of the molecule is CO[C@@H]1C[C@@H](O)[C@H](O)[C@@H](CO[Si](C(C)C)(C(C)C)C(C)C)O1. The van der Waals surface area contributed by atoms with E-state index in [-0.39, 0.29) is 6.42 Å². The van der Waals surface area contributed by atoms with Crippen LogP contribution in [0.4, 0.5) is 0 Å². The van der Waals surface area contributed by atoms with Crippen LogP contribution in [-0.4, -0.2) is 56.8 Å². The molecule has 0 aliphatic carbocycles. The van der Waals surface area contributed by atoms with Crippen molar-refractivity contribution in [2.45, 2.75) is 89.2 Å². The molecule has 1 heterocycles. The maximum Gasteiger partial charge on any atom is 0.200 e. The highest BCUT2D eigenvalue weighted by Gasteiger charge is 2.46. The summed E-state index contributed by atoms with van der Waals surface area (Å²) in [5, 5.41) is 20.1. The fraction of sp³-hybridized carbons (Fsp3) is 1.00. The number of hydrogen-bond donors (Lipinski definition) is 2. The van der Waals surface area contributed by atoms with Gasteiger partial charge in [0, 0.05) is 13.5 Å². The fourth-order valence-electron chi connectivity index (χ4n) is 3.93. The number of methoxy groups -OCH3 is 1. The molecule has 0 aromatic heterocycles. The summed E-state index contributed by atoms with van der Waals surface area (Å²) in [5.74, 6) is 0. The first-order valence-electron chi connectivity index (χ1n) is 8.35. The Morgan fingerprint density at radius 3 is 1.95 bits per heavy atom. The minimum atomic E-state index is -2.01. The van der Waals surface area contributed by atoms with Crippen LogP contribution in [0.15, 0.2) is 0 Å². The zero-order valence-electron chi connectivity index (χ0n) is 15.1. The van der Waals surface area contributed by atoms with Crippen molar-refractivity contribution in [3.05, 3.63) is 0 Å². The van der Waals surface area contributed by atoms with Gasteiger partial charge in [-0.2, -0.15) is 0 Å². The van der Waals surface area contributed by atoms with Crippen LogP contribution in [-0.2, 0) is 13.9 Å². The van der Waals surface area contributed by atoms with Crippen molar-refractivity contribution in [3.63, 3.8) is 0 Å². The van der Waals surface area contributed by atoms with Crippen molar-refractivity contribution >= 4 is 8.32 Å². The van der Waals surface area contributed by atoms with E-state index in [1.165, 1.54) is 0 Å². The Labute approximate surface area is 136 Å². The molecule has 0 aromatic carbocycles. The third-order valence-electron chi connectivity index (χ3n) is 5.00. The number of ether oxygens (including phenoxy) is 2. The highest BCUT2D eigenvalue weighted by atomic mass is 28.4. The van der Waals surface area contributed by atoms with Crippen molar-refractivity contribution in [1.29, 1.82) is 0 Å². The van der Waals surface area contributed by atoms with Crippen LogP contribution in [0, 0.1) is 0 Å². The third kappa shape index (κ3) is 4.10. The molecule has 0 bridgehead atoms. The molecule has 0 spiro atoms. The van der Waals surface area contributed by atoms with Crippen molar-refractivity contribution in [1.82, 2.24) is 0 Å². The molecule has 1 aliphatic rings. The van der Waals surface area contributed by atoms with Crippen LogP contribution in [0.5, 0.6) is 0 Å². The molecule has 6 heteroatoms. The molecule has 22 heavy (non-hydrogen) atoms. The lowest BCUT2D eigenvalue weighted by Gasteiger charge is -2.44. The highest BCUT2D eigenvalue weighted by Crippen LogP contribution is 2.42. The summed E-state index contributed by atoms with van der Waals surface area (Å²) in [4.78, 5) is 0. The van der Waals surface area contributed by atoms with E-state index in [1.807, 2.05) is 0 Å². The fourth-order valence-corrected chi connectivity index (χ4v) is 9.38. The van der Waals surface area contributed by atoms with Crippen molar-refractivity contribution in [2.24, 2.45) is 0 Å². The van der Waals surface area contributed by atoms with Crippen molar-refractivity contribution < 1.29 is 24.1 Å². The first kappa shape index (κ1) is 20.1. The van der Waals surface area contributed by atoms with Crippen LogP contribution >= 0.6 is 0 Å². The van der Waals surface area contributed by atoms with Gasteiger partial charge in [-0.25, -0.2) is 0 Å². The standard InChI is InChI=1S/C16H34O5Si/c1-10(2)22(11(3)4,12(5)6)20-9-14-16(18)13(17)8-15(19-7)21-14/h10-18H,8-9H2,1-7H3/t13-,14-,15+,16+/m1/s1. The first-order valence-corrected chi connectivity index (χ1v) is 10.5. The summed E-state index contributed by atoms with van der Waals surface area (Å²) in [5.41, 5.74) is 1.41. The predicted molar refractivity (Wildman–Crippen MR) is 89.3 cm³/mol. The summed E-state index contributed by atoms with van der Waals surface area (Å²) in [6.07, 6.45) is -2.50. The van der Waals surface area contributed by atoms with E-state index < -0.39 is 32.9 Å². The summed E-state index contributed by atoms with van der Waals surface area (Å²) < 4.78 is 17.3. The molecule has 0 unspecified atom stereocenters. The van der Waals surface area contributed by atoms with E-state index >= 15 is 0 Å². The van der Waals surface area contributed by atoms with Gasteiger partial charge in [0.15, 0.2) is 14.6 Å². The molecule has 0 saturated carbocycles. The number of aliphatic hydroxyl groups is 2. The molecule has 5 nitrogen and oxygen atoms in total. The molecule has 0 amide bonds. The predicted octanol–water partition coefficient (Wildman–Crippen LogP) is 2.66. The second-order valence-corrected chi connectivity index (χ2v) is 12.7. The minimum Gasteiger partial charge on any atom is -0.413 e. The maximum absolute atomic E-state index is 10.2. The molecule has 1 rings (SSSR count). The second-order valence-electron chi connectivity index (χ2n) is 7.26. The smallest absolute Gasteiger partial charge is 0.200 e. The Morgan fingerprint density at radius 2 is 1.55 bits per heavy atom. The maximum atomic E-state index is 10.2. The van der Waals surface area contributed by atoms with Gasteiger partial charge in [-0.15, -0.1) is 0 Å². The Hall–Kier alpha value is 0.0169. The molecule has 1 aliphatic heterocycles. The Kier molecular flexibility index (Phi) is 7.49. The minimum absolute atomic E-state index is 0.287. The van der Waals surface area contributed by atoms with E-state index in [0.29, 0.717) is 23.2 Å². The van der Waals surface area contributed by atoms with Crippen LogP contribution in [0.1, 0.15) is 48.0 Å². The third-order valence-corrected chi connectivity index (χ3v) is 11.1. The van der Waals surface area contributed by atoms with E-state index in [0.717, 1.165) is 0 Å². The van der Waals surface area contributed by atoms with E-state index in [2.05, 4.69) is 41.5 Å². The van der Waals surface area contributed by atoms with Crippen LogP contribution < -0.4 is 0 Å². The highest BCUT2D eigenvalue weighted by molar-refractivity contribution is 6.77. The summed E-state index contributed by atoms with van der Waals surface area (Å²) in [7, 11) is -0.465. The quantitative estimate of drug-likeness (QED) is 0.701. The van der Waals surface area contributed by atoms with E-state index in [9.17, 15) is 10.2 Å². The van der Waals surface area contributed by atoms with Gasteiger partial charge < -0.3 is 24.1 Å². The first-order chi connectivity index (χ1) is 10.2. The molecular weight excluding hydrogens is 300 g/mol.